The molecule has 0 saturated heterocycles. The number of halogens is 1. The number of nitrogens with zero attached hydrogens (tertiary/aromatic N) is 2. The van der Waals surface area contributed by atoms with Gasteiger partial charge in [-0.2, -0.15) is 0 Å². The minimum absolute atomic E-state index is 0.127. The molecule has 84 valence electrons. The predicted molar refractivity (Wildman–Crippen MR) is 69.0 cm³/mol. The summed E-state index contributed by atoms with van der Waals surface area (Å²) >= 11 is 9.24. The molecule has 1 unspecified atom stereocenters. The third-order valence-electron chi connectivity index (χ3n) is 2.05. The summed E-state index contributed by atoms with van der Waals surface area (Å²) < 4.78 is 0.912. The lowest BCUT2D eigenvalue weighted by Gasteiger charge is -2.14. The Labute approximate surface area is 107 Å². The summed E-state index contributed by atoms with van der Waals surface area (Å²) in [5, 5.41) is 8.66. The molecule has 1 heterocycles. The maximum Gasteiger partial charge on any atom is 0.174 e. The van der Waals surface area contributed by atoms with Crippen LogP contribution in [0.2, 0.25) is 5.02 Å². The van der Waals surface area contributed by atoms with Crippen molar-refractivity contribution in [1.82, 2.24) is 10.2 Å². The highest BCUT2D eigenvalue weighted by molar-refractivity contribution is 8.01. The Kier molecular flexibility index (Phi) is 4.17. The van der Waals surface area contributed by atoms with E-state index in [0.29, 0.717) is 6.54 Å². The quantitative estimate of drug-likeness (QED) is 0.869. The van der Waals surface area contributed by atoms with Crippen LogP contribution in [0.15, 0.2) is 34.1 Å². The molecule has 1 atom stereocenters. The van der Waals surface area contributed by atoms with E-state index in [-0.39, 0.29) is 5.25 Å². The van der Waals surface area contributed by atoms with E-state index in [9.17, 15) is 0 Å². The first kappa shape index (κ1) is 11.9. The summed E-state index contributed by atoms with van der Waals surface area (Å²) in [5.74, 6) is 0. The van der Waals surface area contributed by atoms with Crippen molar-refractivity contribution >= 4 is 34.7 Å². The van der Waals surface area contributed by atoms with E-state index in [1.165, 1.54) is 11.3 Å². The average molecular weight is 272 g/mol. The number of benzene rings is 1. The van der Waals surface area contributed by atoms with Gasteiger partial charge < -0.3 is 5.73 Å². The van der Waals surface area contributed by atoms with Crippen LogP contribution in [0.5, 0.6) is 0 Å². The van der Waals surface area contributed by atoms with E-state index in [1.807, 2.05) is 24.3 Å². The van der Waals surface area contributed by atoms with Gasteiger partial charge in [0.25, 0.3) is 0 Å². The van der Waals surface area contributed by atoms with Crippen molar-refractivity contribution in [3.8, 4) is 0 Å². The molecule has 0 fully saturated rings. The zero-order chi connectivity index (χ0) is 11.4. The number of rotatable bonds is 4. The standard InChI is InChI=1S/C10H10ClN3S2/c11-8-4-2-1-3-7(8)9(5-12)16-10-14-13-6-15-10/h1-4,6,9H,5,12H2. The van der Waals surface area contributed by atoms with E-state index in [0.717, 1.165) is 14.9 Å². The molecule has 0 radical (unpaired) electrons. The fourth-order valence-corrected chi connectivity index (χ4v) is 3.39. The number of hydrogen-bond donors (Lipinski definition) is 1. The zero-order valence-electron chi connectivity index (χ0n) is 8.34. The highest BCUT2D eigenvalue weighted by Gasteiger charge is 2.15. The van der Waals surface area contributed by atoms with Crippen LogP contribution in [0.3, 0.4) is 0 Å². The van der Waals surface area contributed by atoms with Crippen LogP contribution in [-0.4, -0.2) is 16.7 Å². The van der Waals surface area contributed by atoms with Crippen LogP contribution in [0.1, 0.15) is 10.8 Å². The highest BCUT2D eigenvalue weighted by atomic mass is 35.5. The van der Waals surface area contributed by atoms with Gasteiger partial charge >= 0.3 is 0 Å². The van der Waals surface area contributed by atoms with Gasteiger partial charge in [-0.3, -0.25) is 0 Å². The summed E-state index contributed by atoms with van der Waals surface area (Å²) in [5.41, 5.74) is 8.53. The summed E-state index contributed by atoms with van der Waals surface area (Å²) in [6, 6.07) is 7.74. The molecule has 0 saturated carbocycles. The lowest BCUT2D eigenvalue weighted by molar-refractivity contribution is 0.931. The molecule has 0 spiro atoms. The highest BCUT2D eigenvalue weighted by Crippen LogP contribution is 2.37. The van der Waals surface area contributed by atoms with Gasteiger partial charge in [0.15, 0.2) is 4.34 Å². The Morgan fingerprint density at radius 1 is 1.44 bits per heavy atom. The van der Waals surface area contributed by atoms with Crippen molar-refractivity contribution in [2.24, 2.45) is 5.73 Å². The Morgan fingerprint density at radius 3 is 2.88 bits per heavy atom. The van der Waals surface area contributed by atoms with Gasteiger partial charge in [0.2, 0.25) is 0 Å². The van der Waals surface area contributed by atoms with Crippen LogP contribution in [0.4, 0.5) is 0 Å². The van der Waals surface area contributed by atoms with E-state index in [2.05, 4.69) is 10.2 Å². The Hall–Kier alpha value is -0.620. The first-order chi connectivity index (χ1) is 7.81. The van der Waals surface area contributed by atoms with Crippen LogP contribution >= 0.6 is 34.7 Å². The molecule has 2 N–H and O–H groups in total. The molecule has 1 aromatic carbocycles. The molecular weight excluding hydrogens is 262 g/mol. The van der Waals surface area contributed by atoms with Crippen molar-refractivity contribution < 1.29 is 0 Å². The molecule has 3 nitrogen and oxygen atoms in total. The van der Waals surface area contributed by atoms with Gasteiger partial charge in [-0.25, -0.2) is 0 Å². The minimum atomic E-state index is 0.127. The van der Waals surface area contributed by atoms with Gasteiger partial charge in [-0.15, -0.1) is 10.2 Å². The second-order valence-corrected chi connectivity index (χ2v) is 5.76. The van der Waals surface area contributed by atoms with Crippen LogP contribution < -0.4 is 5.73 Å². The Bertz CT molecular complexity index is 447. The third-order valence-corrected chi connectivity index (χ3v) is 4.47. The molecule has 0 aliphatic carbocycles. The third kappa shape index (κ3) is 2.74. The van der Waals surface area contributed by atoms with Gasteiger partial charge in [0.1, 0.15) is 5.51 Å². The summed E-state index contributed by atoms with van der Waals surface area (Å²) in [4.78, 5) is 0. The number of aromatic nitrogens is 2. The number of nitrogens with two attached hydrogens (primary N) is 1. The first-order valence-electron chi connectivity index (χ1n) is 4.68. The lowest BCUT2D eigenvalue weighted by Crippen LogP contribution is -2.09. The van der Waals surface area contributed by atoms with E-state index >= 15 is 0 Å². The summed E-state index contributed by atoms with van der Waals surface area (Å²) in [6.07, 6.45) is 0. The van der Waals surface area contributed by atoms with Crippen LogP contribution in [0, 0.1) is 0 Å². The fourth-order valence-electron chi connectivity index (χ4n) is 1.31. The van der Waals surface area contributed by atoms with Crippen molar-refractivity contribution in [3.63, 3.8) is 0 Å². The Morgan fingerprint density at radius 2 is 2.25 bits per heavy atom. The molecule has 1 aromatic heterocycles. The van der Waals surface area contributed by atoms with Gasteiger partial charge in [0.05, 0.1) is 5.25 Å². The zero-order valence-corrected chi connectivity index (χ0v) is 10.7. The normalized spacial score (nSPS) is 12.6. The van der Waals surface area contributed by atoms with E-state index in [4.69, 9.17) is 17.3 Å². The Balaban J connectivity index is 2.20. The minimum Gasteiger partial charge on any atom is -0.329 e. The van der Waals surface area contributed by atoms with Gasteiger partial charge in [-0.1, -0.05) is 52.9 Å². The summed E-state index contributed by atoms with van der Waals surface area (Å²) in [6.45, 7) is 0.522. The molecule has 0 bridgehead atoms. The molecule has 0 aliphatic rings. The molecule has 6 heteroatoms. The van der Waals surface area contributed by atoms with Gasteiger partial charge in [0, 0.05) is 11.6 Å². The number of thioether (sulfide) groups is 1. The van der Waals surface area contributed by atoms with Crippen molar-refractivity contribution in [2.45, 2.75) is 9.59 Å². The van der Waals surface area contributed by atoms with Gasteiger partial charge in [-0.05, 0) is 11.6 Å². The smallest absolute Gasteiger partial charge is 0.174 e. The average Bonchev–Trinajstić information content (AvgIpc) is 2.80. The van der Waals surface area contributed by atoms with Crippen molar-refractivity contribution in [3.05, 3.63) is 40.4 Å². The van der Waals surface area contributed by atoms with Crippen LogP contribution in [0.25, 0.3) is 0 Å². The van der Waals surface area contributed by atoms with E-state index in [1.54, 1.807) is 17.3 Å². The predicted octanol–water partition coefficient (Wildman–Crippen LogP) is 2.98. The first-order valence-corrected chi connectivity index (χ1v) is 6.82. The maximum absolute atomic E-state index is 6.14. The SMILES string of the molecule is NCC(Sc1nncs1)c1ccccc1Cl. The fraction of sp³-hybridized carbons (Fsp3) is 0.200. The van der Waals surface area contributed by atoms with Crippen molar-refractivity contribution in [1.29, 1.82) is 0 Å². The molecule has 0 aliphatic heterocycles. The lowest BCUT2D eigenvalue weighted by atomic mass is 10.1. The molecular formula is C10H10ClN3S2. The van der Waals surface area contributed by atoms with Crippen LogP contribution in [-0.2, 0) is 0 Å². The van der Waals surface area contributed by atoms with E-state index < -0.39 is 0 Å². The molecule has 0 amide bonds. The summed E-state index contributed by atoms with van der Waals surface area (Å²) in [7, 11) is 0. The molecule has 2 rings (SSSR count). The molecule has 2 aromatic rings. The monoisotopic (exact) mass is 271 g/mol. The second-order valence-electron chi connectivity index (χ2n) is 3.07. The number of hydrogen-bond acceptors (Lipinski definition) is 5. The molecule has 16 heavy (non-hydrogen) atoms. The second kappa shape index (κ2) is 5.63. The topological polar surface area (TPSA) is 51.8 Å². The largest absolute Gasteiger partial charge is 0.329 e. The van der Waals surface area contributed by atoms with Crippen molar-refractivity contribution in [2.75, 3.05) is 6.54 Å². The maximum atomic E-state index is 6.14.